The van der Waals surface area contributed by atoms with E-state index in [0.717, 1.165) is 11.4 Å². The number of aryl methyl sites for hydroxylation is 1. The van der Waals surface area contributed by atoms with Gasteiger partial charge in [-0.05, 0) is 25.1 Å². The molecule has 0 atom stereocenters. The van der Waals surface area contributed by atoms with Gasteiger partial charge in [-0.1, -0.05) is 5.16 Å². The summed E-state index contributed by atoms with van der Waals surface area (Å²) in [4.78, 5) is 12.2. The Labute approximate surface area is 132 Å². The lowest BCUT2D eigenvalue weighted by Crippen LogP contribution is -2.15. The van der Waals surface area contributed by atoms with Gasteiger partial charge in [-0.2, -0.15) is 0 Å². The minimum Gasteiger partial charge on any atom is -0.495 e. The summed E-state index contributed by atoms with van der Waals surface area (Å²) in [5.41, 5.74) is 2.10. The van der Waals surface area contributed by atoms with E-state index in [1.165, 1.54) is 0 Å². The molecular formula is C15H15N5O3. The fourth-order valence-electron chi connectivity index (χ4n) is 2.14. The second-order valence-corrected chi connectivity index (χ2v) is 4.91. The number of carbonyl (C=O) groups is 1. The molecule has 23 heavy (non-hydrogen) atoms. The molecule has 0 radical (unpaired) electrons. The molecule has 0 fully saturated rings. The Bertz CT molecular complexity index is 810. The molecule has 118 valence electrons. The first kappa shape index (κ1) is 14.8. The first-order valence-electron chi connectivity index (χ1n) is 6.91. The summed E-state index contributed by atoms with van der Waals surface area (Å²) in [5.74, 6) is 0.846. The highest BCUT2D eigenvalue weighted by Crippen LogP contribution is 2.27. The Balaban J connectivity index is 1.80. The third-order valence-electron chi connectivity index (χ3n) is 3.19. The van der Waals surface area contributed by atoms with Crippen molar-refractivity contribution in [1.82, 2.24) is 19.9 Å². The highest BCUT2D eigenvalue weighted by molar-refractivity contribution is 5.93. The molecule has 0 unspecified atom stereocenters. The van der Waals surface area contributed by atoms with Crippen LogP contribution in [0.15, 0.2) is 41.4 Å². The molecule has 2 heterocycles. The van der Waals surface area contributed by atoms with E-state index in [2.05, 4.69) is 20.7 Å². The van der Waals surface area contributed by atoms with Gasteiger partial charge >= 0.3 is 0 Å². The number of hydrogen-bond donors (Lipinski definition) is 1. The SMILES string of the molecule is COc1ccc(-n2cnnc2)cc1NC(=O)Cc1cc(C)no1. The van der Waals surface area contributed by atoms with E-state index in [4.69, 9.17) is 9.26 Å². The van der Waals surface area contributed by atoms with Crippen LogP contribution in [0.1, 0.15) is 11.5 Å². The lowest BCUT2D eigenvalue weighted by atomic mass is 10.2. The fourth-order valence-corrected chi connectivity index (χ4v) is 2.14. The number of methoxy groups -OCH3 is 1. The lowest BCUT2D eigenvalue weighted by Gasteiger charge is -2.12. The normalized spacial score (nSPS) is 10.5. The van der Waals surface area contributed by atoms with Crippen molar-refractivity contribution >= 4 is 11.6 Å². The van der Waals surface area contributed by atoms with Gasteiger partial charge in [-0.15, -0.1) is 10.2 Å². The molecule has 0 spiro atoms. The second kappa shape index (κ2) is 6.30. The van der Waals surface area contributed by atoms with Crippen LogP contribution in [-0.2, 0) is 11.2 Å². The predicted octanol–water partition coefficient (Wildman–Crippen LogP) is 1.75. The maximum Gasteiger partial charge on any atom is 0.232 e. The van der Waals surface area contributed by atoms with E-state index in [1.54, 1.807) is 49.5 Å². The number of nitrogens with one attached hydrogen (secondary N) is 1. The fraction of sp³-hybridized carbons (Fsp3) is 0.200. The molecule has 0 saturated heterocycles. The Morgan fingerprint density at radius 1 is 1.30 bits per heavy atom. The van der Waals surface area contributed by atoms with Crippen molar-refractivity contribution in [2.45, 2.75) is 13.3 Å². The second-order valence-electron chi connectivity index (χ2n) is 4.91. The third-order valence-corrected chi connectivity index (χ3v) is 3.19. The Hall–Kier alpha value is -3.16. The number of aromatic nitrogens is 4. The molecule has 3 aromatic rings. The molecule has 0 aliphatic heterocycles. The van der Waals surface area contributed by atoms with Gasteiger partial charge < -0.3 is 14.6 Å². The van der Waals surface area contributed by atoms with Crippen molar-refractivity contribution in [3.8, 4) is 11.4 Å². The van der Waals surface area contributed by atoms with Crippen molar-refractivity contribution in [1.29, 1.82) is 0 Å². The summed E-state index contributed by atoms with van der Waals surface area (Å²) in [7, 11) is 1.54. The molecule has 0 aliphatic rings. The van der Waals surface area contributed by atoms with Crippen LogP contribution >= 0.6 is 0 Å². The van der Waals surface area contributed by atoms with Gasteiger partial charge in [0.05, 0.1) is 30.6 Å². The van der Waals surface area contributed by atoms with Gasteiger partial charge in [-0.25, -0.2) is 0 Å². The van der Waals surface area contributed by atoms with Gasteiger partial charge in [0.2, 0.25) is 5.91 Å². The van der Waals surface area contributed by atoms with E-state index in [9.17, 15) is 4.79 Å². The van der Waals surface area contributed by atoms with Crippen LogP contribution in [0.25, 0.3) is 5.69 Å². The quantitative estimate of drug-likeness (QED) is 0.771. The van der Waals surface area contributed by atoms with Gasteiger partial charge in [0.15, 0.2) is 0 Å². The zero-order valence-electron chi connectivity index (χ0n) is 12.7. The predicted molar refractivity (Wildman–Crippen MR) is 81.5 cm³/mol. The van der Waals surface area contributed by atoms with Crippen molar-refractivity contribution in [3.63, 3.8) is 0 Å². The van der Waals surface area contributed by atoms with E-state index in [0.29, 0.717) is 17.2 Å². The average Bonchev–Trinajstić information content (AvgIpc) is 3.19. The number of rotatable bonds is 5. The average molecular weight is 313 g/mol. The summed E-state index contributed by atoms with van der Waals surface area (Å²) in [6.07, 6.45) is 3.25. The lowest BCUT2D eigenvalue weighted by molar-refractivity contribution is -0.115. The molecule has 1 aromatic carbocycles. The molecule has 0 bridgehead atoms. The summed E-state index contributed by atoms with van der Waals surface area (Å²) < 4.78 is 12.1. The Morgan fingerprint density at radius 3 is 2.74 bits per heavy atom. The summed E-state index contributed by atoms with van der Waals surface area (Å²) in [5, 5.41) is 14.1. The molecule has 0 aliphatic carbocycles. The molecular weight excluding hydrogens is 298 g/mol. The van der Waals surface area contributed by atoms with Crippen LogP contribution in [0.2, 0.25) is 0 Å². The number of benzene rings is 1. The molecule has 2 aromatic heterocycles. The number of anilines is 1. The van der Waals surface area contributed by atoms with Crippen LogP contribution in [0, 0.1) is 6.92 Å². The first-order valence-corrected chi connectivity index (χ1v) is 6.91. The minimum absolute atomic E-state index is 0.0981. The molecule has 3 rings (SSSR count). The Kier molecular flexibility index (Phi) is 4.05. The third kappa shape index (κ3) is 3.37. The number of carbonyl (C=O) groups excluding carboxylic acids is 1. The van der Waals surface area contributed by atoms with Crippen LogP contribution in [0.4, 0.5) is 5.69 Å². The molecule has 1 amide bonds. The van der Waals surface area contributed by atoms with Crippen LogP contribution < -0.4 is 10.1 Å². The van der Waals surface area contributed by atoms with Crippen LogP contribution in [0.5, 0.6) is 5.75 Å². The van der Waals surface area contributed by atoms with Gasteiger partial charge in [0.1, 0.15) is 24.2 Å². The van der Waals surface area contributed by atoms with Crippen molar-refractivity contribution in [2.24, 2.45) is 0 Å². The van der Waals surface area contributed by atoms with E-state index >= 15 is 0 Å². The highest BCUT2D eigenvalue weighted by Gasteiger charge is 2.12. The molecule has 1 N–H and O–H groups in total. The zero-order valence-corrected chi connectivity index (χ0v) is 12.7. The summed E-state index contributed by atoms with van der Waals surface area (Å²) >= 11 is 0. The highest BCUT2D eigenvalue weighted by atomic mass is 16.5. The standard InChI is InChI=1S/C15H15N5O3/c1-10-5-12(23-19-10)7-15(21)18-13-6-11(3-4-14(13)22-2)20-8-16-17-9-20/h3-6,8-9H,7H2,1-2H3,(H,18,21). The van der Waals surface area contributed by atoms with Crippen molar-refractivity contribution in [3.05, 3.63) is 48.4 Å². The van der Waals surface area contributed by atoms with Gasteiger partial charge in [0.25, 0.3) is 0 Å². The van der Waals surface area contributed by atoms with Gasteiger partial charge in [0, 0.05) is 6.07 Å². The topological polar surface area (TPSA) is 95.1 Å². The summed E-state index contributed by atoms with van der Waals surface area (Å²) in [6, 6.07) is 7.12. The number of nitrogens with zero attached hydrogens (tertiary/aromatic N) is 4. The number of hydrogen-bond acceptors (Lipinski definition) is 6. The maximum atomic E-state index is 12.2. The number of ether oxygens (including phenoxy) is 1. The largest absolute Gasteiger partial charge is 0.495 e. The molecule has 8 nitrogen and oxygen atoms in total. The first-order chi connectivity index (χ1) is 11.2. The zero-order chi connectivity index (χ0) is 16.2. The van der Waals surface area contributed by atoms with Crippen LogP contribution in [-0.4, -0.2) is 32.9 Å². The minimum atomic E-state index is -0.222. The summed E-state index contributed by atoms with van der Waals surface area (Å²) in [6.45, 7) is 1.80. The van der Waals surface area contributed by atoms with Crippen molar-refractivity contribution < 1.29 is 14.1 Å². The van der Waals surface area contributed by atoms with E-state index in [1.807, 2.05) is 6.07 Å². The van der Waals surface area contributed by atoms with E-state index < -0.39 is 0 Å². The maximum absolute atomic E-state index is 12.2. The molecule has 0 saturated carbocycles. The van der Waals surface area contributed by atoms with Crippen LogP contribution in [0.3, 0.4) is 0 Å². The molecule has 8 heteroatoms. The smallest absolute Gasteiger partial charge is 0.232 e. The van der Waals surface area contributed by atoms with Crippen molar-refractivity contribution in [2.75, 3.05) is 12.4 Å². The monoisotopic (exact) mass is 313 g/mol. The Morgan fingerprint density at radius 2 is 2.09 bits per heavy atom. The van der Waals surface area contributed by atoms with E-state index in [-0.39, 0.29) is 12.3 Å². The number of amides is 1. The van der Waals surface area contributed by atoms with Gasteiger partial charge in [-0.3, -0.25) is 9.36 Å².